The van der Waals surface area contributed by atoms with E-state index in [-0.39, 0.29) is 16.4 Å². The first kappa shape index (κ1) is 39.3. The van der Waals surface area contributed by atoms with E-state index in [2.05, 4.69) is 218 Å². The molecule has 1 aliphatic carbocycles. The Morgan fingerprint density at radius 3 is 1.84 bits per heavy atom. The molecular weight excluding hydrogens is 737 g/mol. The summed E-state index contributed by atoms with van der Waals surface area (Å²) in [6.45, 7) is 21.6. The summed E-state index contributed by atoms with van der Waals surface area (Å²) in [5, 5.41) is 4.09. The fraction of sp³-hybridized carbons (Fsp3) is 0.288. The minimum atomic E-state index is -0.538. The molecule has 2 unspecified atom stereocenters. The summed E-state index contributed by atoms with van der Waals surface area (Å²) in [7, 11) is 0. The third-order valence-electron chi connectivity index (χ3n) is 15.4. The summed E-state index contributed by atoms with van der Waals surface area (Å²) in [6, 6.07) is 55.2. The van der Waals surface area contributed by atoms with Crippen molar-refractivity contribution < 1.29 is 0 Å². The van der Waals surface area contributed by atoms with E-state index in [1.165, 1.54) is 114 Å². The normalized spacial score (nSPS) is 20.0. The number of aryl methyl sites for hydroxylation is 3. The van der Waals surface area contributed by atoms with E-state index in [4.69, 9.17) is 0 Å². The van der Waals surface area contributed by atoms with Crippen molar-refractivity contribution >= 4 is 22.7 Å². The first-order chi connectivity index (χ1) is 29.3. The monoisotopic (exact) mass is 796 g/mol. The number of anilines is 4. The minimum Gasteiger partial charge on any atom is -0.354 e. The molecule has 7 aromatic carbocycles. The Labute approximate surface area is 364 Å². The van der Waals surface area contributed by atoms with Crippen molar-refractivity contribution in [2.75, 3.05) is 10.2 Å². The number of fused-ring (bicyclic) bond motifs is 5. The Morgan fingerprint density at radius 1 is 0.557 bits per heavy atom. The number of para-hydroxylation sites is 2. The van der Waals surface area contributed by atoms with E-state index < -0.39 is 5.41 Å². The van der Waals surface area contributed by atoms with Crippen molar-refractivity contribution in [1.82, 2.24) is 0 Å². The fourth-order valence-corrected chi connectivity index (χ4v) is 12.1. The smallest absolute Gasteiger partial charge is 0.0742 e. The van der Waals surface area contributed by atoms with Crippen LogP contribution in [0.2, 0.25) is 0 Å². The fourth-order valence-electron chi connectivity index (χ4n) is 12.1. The molecule has 306 valence electrons. The SMILES string of the molecule is Cc1cccc(C)c1-c1cc(-c2cccc3c2Nc2ccccc2C3(c2ccccc2)c2ccccc2)c(C)c(N2c3c(C)cc(C(C)(C)C)cc3C3(C)CCCCC23C)c1. The Kier molecular flexibility index (Phi) is 9.08. The maximum Gasteiger partial charge on any atom is 0.0742 e. The molecule has 1 fully saturated rings. The molecule has 2 heterocycles. The Hall–Kier alpha value is -5.86. The second-order valence-corrected chi connectivity index (χ2v) is 19.9. The van der Waals surface area contributed by atoms with Gasteiger partial charge in [0, 0.05) is 28.0 Å². The summed E-state index contributed by atoms with van der Waals surface area (Å²) in [5.41, 5.74) is 22.9. The molecule has 2 aliphatic heterocycles. The van der Waals surface area contributed by atoms with Crippen LogP contribution in [0.1, 0.15) is 116 Å². The molecule has 1 saturated carbocycles. The lowest BCUT2D eigenvalue weighted by atomic mass is 9.61. The summed E-state index contributed by atoms with van der Waals surface area (Å²) in [4.78, 5) is 2.84. The molecule has 7 aromatic rings. The van der Waals surface area contributed by atoms with E-state index >= 15 is 0 Å². The van der Waals surface area contributed by atoms with Crippen molar-refractivity contribution in [1.29, 1.82) is 0 Å². The van der Waals surface area contributed by atoms with Gasteiger partial charge in [0.15, 0.2) is 0 Å². The average Bonchev–Trinajstić information content (AvgIpc) is 3.46. The van der Waals surface area contributed by atoms with Crippen LogP contribution in [0, 0.1) is 27.7 Å². The predicted molar refractivity (Wildman–Crippen MR) is 259 cm³/mol. The van der Waals surface area contributed by atoms with Gasteiger partial charge in [-0.15, -0.1) is 0 Å². The number of nitrogens with one attached hydrogen (secondary N) is 1. The zero-order valence-corrected chi connectivity index (χ0v) is 37.6. The van der Waals surface area contributed by atoms with Crippen LogP contribution in [-0.2, 0) is 16.2 Å². The lowest BCUT2D eigenvalue weighted by Gasteiger charge is -2.51. The van der Waals surface area contributed by atoms with Crippen LogP contribution in [0.3, 0.4) is 0 Å². The van der Waals surface area contributed by atoms with Crippen molar-refractivity contribution in [3.05, 3.63) is 201 Å². The van der Waals surface area contributed by atoms with Gasteiger partial charge >= 0.3 is 0 Å². The highest BCUT2D eigenvalue weighted by molar-refractivity contribution is 5.96. The number of nitrogens with zero attached hydrogens (tertiary/aromatic N) is 1. The summed E-state index contributed by atoms with van der Waals surface area (Å²) < 4.78 is 0. The molecule has 2 nitrogen and oxygen atoms in total. The molecule has 2 atom stereocenters. The quantitative estimate of drug-likeness (QED) is 0.187. The number of hydrogen-bond acceptors (Lipinski definition) is 2. The van der Waals surface area contributed by atoms with Gasteiger partial charge < -0.3 is 10.2 Å². The molecule has 0 amide bonds. The topological polar surface area (TPSA) is 15.3 Å². The number of hydrogen-bond donors (Lipinski definition) is 1. The summed E-state index contributed by atoms with van der Waals surface area (Å²) in [5.74, 6) is 0. The molecule has 0 saturated heterocycles. The van der Waals surface area contributed by atoms with Gasteiger partial charge in [0.05, 0.1) is 16.6 Å². The van der Waals surface area contributed by atoms with Gasteiger partial charge in [-0.25, -0.2) is 0 Å². The Bertz CT molecular complexity index is 2780. The van der Waals surface area contributed by atoms with Crippen molar-refractivity contribution in [3.8, 4) is 22.3 Å². The molecule has 2 heteroatoms. The lowest BCUT2D eigenvalue weighted by molar-refractivity contribution is 0.194. The third-order valence-corrected chi connectivity index (χ3v) is 15.4. The van der Waals surface area contributed by atoms with Crippen molar-refractivity contribution in [2.24, 2.45) is 0 Å². The molecule has 0 radical (unpaired) electrons. The summed E-state index contributed by atoms with van der Waals surface area (Å²) in [6.07, 6.45) is 4.85. The highest BCUT2D eigenvalue weighted by Gasteiger charge is 2.58. The van der Waals surface area contributed by atoms with Gasteiger partial charge in [0.1, 0.15) is 0 Å². The van der Waals surface area contributed by atoms with Crippen LogP contribution in [0.25, 0.3) is 22.3 Å². The van der Waals surface area contributed by atoms with Gasteiger partial charge in [-0.2, -0.15) is 0 Å². The molecule has 3 aliphatic rings. The average molecular weight is 797 g/mol. The van der Waals surface area contributed by atoms with Gasteiger partial charge in [0.25, 0.3) is 0 Å². The van der Waals surface area contributed by atoms with Crippen LogP contribution in [0.5, 0.6) is 0 Å². The molecular formula is C59H60N2. The van der Waals surface area contributed by atoms with Crippen LogP contribution >= 0.6 is 0 Å². The first-order valence-electron chi connectivity index (χ1n) is 22.6. The van der Waals surface area contributed by atoms with E-state index in [1.807, 2.05) is 0 Å². The Morgan fingerprint density at radius 2 is 1.16 bits per heavy atom. The maximum atomic E-state index is 4.09. The molecule has 0 bridgehead atoms. The largest absolute Gasteiger partial charge is 0.354 e. The second-order valence-electron chi connectivity index (χ2n) is 19.9. The summed E-state index contributed by atoms with van der Waals surface area (Å²) >= 11 is 0. The van der Waals surface area contributed by atoms with Crippen LogP contribution in [0.4, 0.5) is 22.7 Å². The van der Waals surface area contributed by atoms with E-state index in [9.17, 15) is 0 Å². The maximum absolute atomic E-state index is 4.09. The van der Waals surface area contributed by atoms with Crippen molar-refractivity contribution in [3.63, 3.8) is 0 Å². The van der Waals surface area contributed by atoms with Crippen LogP contribution < -0.4 is 10.2 Å². The van der Waals surface area contributed by atoms with Gasteiger partial charge in [-0.1, -0.05) is 168 Å². The van der Waals surface area contributed by atoms with E-state index in [1.54, 1.807) is 0 Å². The second kappa shape index (κ2) is 14.1. The number of rotatable bonds is 5. The standard InChI is InChI=1S/C59H60N2/c1-38-22-20-23-39(2)53(38)42-35-47(41(4)52(36-42)61-55-40(3)34-45(56(5,6)7)37-50(55)57(8)32-18-19-33-58(57,61)9)46-28-21-30-49-54(46)60-51-31-17-16-29-48(51)59(49,43-24-12-10-13-25-43)44-26-14-11-15-27-44/h10-17,20-31,34-37,60H,18-19,32-33H2,1-9H3. The Balaban J connectivity index is 1.30. The van der Waals surface area contributed by atoms with Gasteiger partial charge in [0.2, 0.25) is 0 Å². The first-order valence-corrected chi connectivity index (χ1v) is 22.6. The molecule has 0 spiro atoms. The molecule has 1 N–H and O–H groups in total. The third kappa shape index (κ3) is 5.67. The lowest BCUT2D eigenvalue weighted by Crippen LogP contribution is -2.54. The van der Waals surface area contributed by atoms with Gasteiger partial charge in [-0.05, 0) is 143 Å². The molecule has 0 aromatic heterocycles. The highest BCUT2D eigenvalue weighted by atomic mass is 15.3. The molecule has 61 heavy (non-hydrogen) atoms. The van der Waals surface area contributed by atoms with Gasteiger partial charge in [-0.3, -0.25) is 0 Å². The van der Waals surface area contributed by atoms with E-state index in [0.29, 0.717) is 0 Å². The molecule has 10 rings (SSSR count). The van der Waals surface area contributed by atoms with Crippen molar-refractivity contribution in [2.45, 2.75) is 110 Å². The van der Waals surface area contributed by atoms with Crippen LogP contribution in [0.15, 0.2) is 146 Å². The zero-order chi connectivity index (χ0) is 42.5. The van der Waals surface area contributed by atoms with Crippen LogP contribution in [-0.4, -0.2) is 5.54 Å². The number of benzene rings is 7. The minimum absolute atomic E-state index is 0.00986. The predicted octanol–water partition coefficient (Wildman–Crippen LogP) is 15.7. The zero-order valence-electron chi connectivity index (χ0n) is 37.6. The highest BCUT2D eigenvalue weighted by Crippen LogP contribution is 2.64. The van der Waals surface area contributed by atoms with E-state index in [0.717, 1.165) is 12.1 Å².